The molecule has 27 heavy (non-hydrogen) atoms. The monoisotopic (exact) mass is 393 g/mol. The van der Waals surface area contributed by atoms with Crippen LogP contribution in [0.2, 0.25) is 0 Å². The molecular weight excluding hydrogens is 362 g/mol. The van der Waals surface area contributed by atoms with Crippen LogP contribution in [0.3, 0.4) is 0 Å². The third-order valence-electron chi connectivity index (χ3n) is 6.58. The molecule has 150 valence electrons. The summed E-state index contributed by atoms with van der Waals surface area (Å²) >= 11 is 0. The van der Waals surface area contributed by atoms with Crippen molar-refractivity contribution in [3.63, 3.8) is 0 Å². The van der Waals surface area contributed by atoms with Crippen molar-refractivity contribution in [1.82, 2.24) is 14.5 Å². The summed E-state index contributed by atoms with van der Waals surface area (Å²) in [5.74, 6) is 2.16. The van der Waals surface area contributed by atoms with Gasteiger partial charge in [-0.15, -0.1) is 0 Å². The molecule has 0 radical (unpaired) electrons. The van der Waals surface area contributed by atoms with Crippen LogP contribution in [0.1, 0.15) is 25.7 Å². The first-order chi connectivity index (χ1) is 13.0. The van der Waals surface area contributed by atoms with Crippen LogP contribution in [-0.4, -0.2) is 70.6 Å². The van der Waals surface area contributed by atoms with E-state index in [4.69, 9.17) is 4.74 Å². The summed E-state index contributed by atoms with van der Waals surface area (Å²) in [7, 11) is -1.90. The maximum atomic E-state index is 12.6. The van der Waals surface area contributed by atoms with Gasteiger partial charge < -0.3 is 9.64 Å². The van der Waals surface area contributed by atoms with E-state index >= 15 is 0 Å². The Morgan fingerprint density at radius 2 is 1.89 bits per heavy atom. The zero-order valence-corrected chi connectivity index (χ0v) is 17.0. The standard InChI is InChI=1S/C20H31N3O3S/c1-26-19-4-6-20(7-5-19)27(24,25)21-13-18-12-16-8-11-23(18)15-17(16)14-22-9-2-3-10-22/h4-7,16-18,21H,2-3,8-15H2,1H3/t16-,17-,18+/m0/s1. The van der Waals surface area contributed by atoms with Gasteiger partial charge in [-0.05, 0) is 81.4 Å². The van der Waals surface area contributed by atoms with Crippen LogP contribution >= 0.6 is 0 Å². The van der Waals surface area contributed by atoms with Crippen molar-refractivity contribution in [1.29, 1.82) is 0 Å². The Labute approximate surface area is 162 Å². The van der Waals surface area contributed by atoms with Crippen molar-refractivity contribution in [2.75, 3.05) is 46.4 Å². The van der Waals surface area contributed by atoms with Gasteiger partial charge in [-0.2, -0.15) is 0 Å². The first-order valence-corrected chi connectivity index (χ1v) is 11.6. The minimum absolute atomic E-state index is 0.297. The molecule has 5 rings (SSSR count). The second-order valence-corrected chi connectivity index (χ2v) is 10.00. The van der Waals surface area contributed by atoms with Gasteiger partial charge in [-0.1, -0.05) is 0 Å². The van der Waals surface area contributed by atoms with Crippen LogP contribution in [0.15, 0.2) is 29.2 Å². The molecule has 0 aromatic heterocycles. The second-order valence-electron chi connectivity index (χ2n) is 8.23. The number of ether oxygens (including phenoxy) is 1. The van der Waals surface area contributed by atoms with Gasteiger partial charge in [0, 0.05) is 25.7 Å². The van der Waals surface area contributed by atoms with E-state index in [2.05, 4.69) is 14.5 Å². The molecule has 0 amide bonds. The van der Waals surface area contributed by atoms with Crippen LogP contribution in [0.4, 0.5) is 0 Å². The van der Waals surface area contributed by atoms with E-state index in [1.54, 1.807) is 31.4 Å². The average molecular weight is 394 g/mol. The van der Waals surface area contributed by atoms with E-state index in [1.807, 2.05) is 0 Å². The van der Waals surface area contributed by atoms with Crippen LogP contribution in [-0.2, 0) is 10.0 Å². The molecule has 1 unspecified atom stereocenters. The fraction of sp³-hybridized carbons (Fsp3) is 0.700. The predicted molar refractivity (Wildman–Crippen MR) is 105 cm³/mol. The molecule has 4 atom stereocenters. The largest absolute Gasteiger partial charge is 0.497 e. The highest BCUT2D eigenvalue weighted by Gasteiger charge is 2.40. The maximum Gasteiger partial charge on any atom is 0.240 e. The van der Waals surface area contributed by atoms with Gasteiger partial charge in [0.05, 0.1) is 12.0 Å². The summed E-state index contributed by atoms with van der Waals surface area (Å²) in [6, 6.07) is 6.89. The SMILES string of the molecule is COc1ccc(S(=O)(=O)NC[C@H]2C[C@@H]3CCN2C[C@@H]3CN2CCCC2)cc1. The third-order valence-corrected chi connectivity index (χ3v) is 8.02. The smallest absolute Gasteiger partial charge is 0.240 e. The number of fused-ring (bicyclic) bond motifs is 3. The number of likely N-dealkylation sites (tertiary alicyclic amines) is 1. The van der Waals surface area contributed by atoms with Crippen molar-refractivity contribution in [2.24, 2.45) is 11.8 Å². The van der Waals surface area contributed by atoms with Gasteiger partial charge >= 0.3 is 0 Å². The molecule has 0 spiro atoms. The molecular formula is C20H31N3O3S. The second kappa shape index (κ2) is 8.07. The number of nitrogens with one attached hydrogen (secondary N) is 1. The highest BCUT2D eigenvalue weighted by Crippen LogP contribution is 2.37. The summed E-state index contributed by atoms with van der Waals surface area (Å²) in [6.45, 7) is 6.47. The molecule has 0 saturated carbocycles. The highest BCUT2D eigenvalue weighted by molar-refractivity contribution is 7.89. The van der Waals surface area contributed by atoms with Crippen molar-refractivity contribution < 1.29 is 13.2 Å². The van der Waals surface area contributed by atoms with Crippen molar-refractivity contribution >= 4 is 10.0 Å². The molecule has 4 aliphatic heterocycles. The minimum atomic E-state index is -3.47. The van der Waals surface area contributed by atoms with E-state index in [1.165, 1.54) is 38.9 Å². The topological polar surface area (TPSA) is 61.9 Å². The molecule has 0 aliphatic carbocycles. The van der Waals surface area contributed by atoms with E-state index < -0.39 is 10.0 Å². The van der Waals surface area contributed by atoms with Gasteiger partial charge in [-0.3, -0.25) is 4.90 Å². The number of benzene rings is 1. The lowest BCUT2D eigenvalue weighted by molar-refractivity contribution is -0.00770. The summed E-state index contributed by atoms with van der Waals surface area (Å²) in [5, 5.41) is 0. The lowest BCUT2D eigenvalue weighted by Crippen LogP contribution is -2.58. The van der Waals surface area contributed by atoms with Gasteiger partial charge in [0.25, 0.3) is 0 Å². The fourth-order valence-corrected chi connectivity index (χ4v) is 6.08. The molecule has 1 aromatic carbocycles. The third kappa shape index (κ3) is 4.31. The van der Waals surface area contributed by atoms with E-state index in [9.17, 15) is 8.42 Å². The Morgan fingerprint density at radius 3 is 2.52 bits per heavy atom. The van der Waals surface area contributed by atoms with Gasteiger partial charge in [0.1, 0.15) is 5.75 Å². The Morgan fingerprint density at radius 1 is 1.15 bits per heavy atom. The number of methoxy groups -OCH3 is 1. The number of hydrogen-bond acceptors (Lipinski definition) is 5. The lowest BCUT2D eigenvalue weighted by atomic mass is 9.75. The summed E-state index contributed by atoms with van der Waals surface area (Å²) in [5.41, 5.74) is 0. The first kappa shape index (κ1) is 19.2. The number of sulfonamides is 1. The zero-order chi connectivity index (χ0) is 18.9. The Hall–Kier alpha value is -1.15. The van der Waals surface area contributed by atoms with Crippen LogP contribution in [0.25, 0.3) is 0 Å². The predicted octanol–water partition coefficient (Wildman–Crippen LogP) is 1.78. The fourth-order valence-electron chi connectivity index (χ4n) is 5.01. The molecule has 4 heterocycles. The van der Waals surface area contributed by atoms with Crippen LogP contribution < -0.4 is 9.46 Å². The lowest BCUT2D eigenvalue weighted by Gasteiger charge is -2.50. The molecule has 7 heteroatoms. The summed E-state index contributed by atoms with van der Waals surface area (Å²) in [4.78, 5) is 5.43. The van der Waals surface area contributed by atoms with Gasteiger partial charge in [0.15, 0.2) is 0 Å². The normalized spacial score (nSPS) is 31.3. The molecule has 4 fully saturated rings. The minimum Gasteiger partial charge on any atom is -0.497 e. The molecule has 4 saturated heterocycles. The molecule has 1 N–H and O–H groups in total. The molecule has 1 aromatic rings. The van der Waals surface area contributed by atoms with E-state index in [0.29, 0.717) is 23.2 Å². The molecule has 4 aliphatic rings. The van der Waals surface area contributed by atoms with E-state index in [-0.39, 0.29) is 0 Å². The average Bonchev–Trinajstić information content (AvgIpc) is 3.20. The van der Waals surface area contributed by atoms with E-state index in [0.717, 1.165) is 31.3 Å². The summed E-state index contributed by atoms with van der Waals surface area (Å²) < 4.78 is 33.1. The highest BCUT2D eigenvalue weighted by atomic mass is 32.2. The zero-order valence-electron chi connectivity index (χ0n) is 16.1. The van der Waals surface area contributed by atoms with Crippen LogP contribution in [0, 0.1) is 11.8 Å². The number of nitrogens with zero attached hydrogens (tertiary/aromatic N) is 2. The maximum absolute atomic E-state index is 12.6. The number of hydrogen-bond donors (Lipinski definition) is 1. The number of rotatable bonds is 7. The first-order valence-electron chi connectivity index (χ1n) is 10.2. The Balaban J connectivity index is 1.32. The molecule has 2 bridgehead atoms. The van der Waals surface area contributed by atoms with Crippen molar-refractivity contribution in [3.05, 3.63) is 24.3 Å². The Kier molecular flexibility index (Phi) is 5.73. The molecule has 6 nitrogen and oxygen atoms in total. The van der Waals surface area contributed by atoms with Gasteiger partial charge in [0.2, 0.25) is 10.0 Å². The quantitative estimate of drug-likeness (QED) is 0.765. The van der Waals surface area contributed by atoms with Crippen LogP contribution in [0.5, 0.6) is 5.75 Å². The van der Waals surface area contributed by atoms with Crippen molar-refractivity contribution in [3.8, 4) is 5.75 Å². The summed E-state index contributed by atoms with van der Waals surface area (Å²) in [6.07, 6.45) is 5.07. The van der Waals surface area contributed by atoms with Crippen molar-refractivity contribution in [2.45, 2.75) is 36.6 Å². The number of piperidine rings is 3. The Bertz CT molecular complexity index is 731. The van der Waals surface area contributed by atoms with Gasteiger partial charge in [-0.25, -0.2) is 13.1 Å².